The summed E-state index contributed by atoms with van der Waals surface area (Å²) in [6, 6.07) is 15.5. The molecule has 3 aromatic rings. The van der Waals surface area contributed by atoms with Gasteiger partial charge in [-0.25, -0.2) is 4.68 Å². The minimum Gasteiger partial charge on any atom is -0.324 e. The molecule has 1 amide bonds. The minimum atomic E-state index is -0.389. The van der Waals surface area contributed by atoms with Crippen molar-refractivity contribution < 1.29 is 4.79 Å². The fourth-order valence-corrected chi connectivity index (χ4v) is 2.77. The van der Waals surface area contributed by atoms with Crippen LogP contribution in [0.1, 0.15) is 5.56 Å². The van der Waals surface area contributed by atoms with Crippen LogP contribution in [0.15, 0.2) is 59.4 Å². The monoisotopic (exact) mass is 387 g/mol. The number of carbonyl (C=O) groups is 1. The van der Waals surface area contributed by atoms with Crippen LogP contribution in [-0.2, 0) is 11.3 Å². The van der Waals surface area contributed by atoms with E-state index in [-0.39, 0.29) is 18.0 Å². The largest absolute Gasteiger partial charge is 0.324 e. The summed E-state index contributed by atoms with van der Waals surface area (Å²) in [4.78, 5) is 24.3. The van der Waals surface area contributed by atoms with Crippen molar-refractivity contribution in [2.24, 2.45) is 0 Å². The molecule has 7 heteroatoms. The van der Waals surface area contributed by atoms with Crippen molar-refractivity contribution in [3.8, 4) is 11.3 Å². The van der Waals surface area contributed by atoms with Crippen molar-refractivity contribution in [2.45, 2.75) is 13.5 Å². The van der Waals surface area contributed by atoms with Gasteiger partial charge in [0.1, 0.15) is 6.54 Å². The molecule has 0 aliphatic heterocycles. The maximum Gasteiger partial charge on any atom is 0.267 e. The number of carbonyl (C=O) groups excluding carboxylic acids is 1. The average Bonchev–Trinajstić information content (AvgIpc) is 2.61. The Bertz CT molecular complexity index is 1030. The molecule has 0 aliphatic carbocycles. The first-order valence-electron chi connectivity index (χ1n) is 7.83. The molecular weight excluding hydrogens is 373 g/mol. The van der Waals surface area contributed by atoms with Crippen LogP contribution in [-0.4, -0.2) is 15.7 Å². The number of aromatic nitrogens is 2. The van der Waals surface area contributed by atoms with Crippen LogP contribution in [0.2, 0.25) is 10.0 Å². The molecule has 0 unspecified atom stereocenters. The SMILES string of the molecule is Cc1ccccc1-c1ccc(=O)n(CC(=O)Nc2ccc(Cl)c(Cl)c2)n1. The second-order valence-corrected chi connectivity index (χ2v) is 6.52. The van der Waals surface area contributed by atoms with Crippen LogP contribution in [0, 0.1) is 6.92 Å². The van der Waals surface area contributed by atoms with Crippen LogP contribution in [0.3, 0.4) is 0 Å². The second kappa shape index (κ2) is 7.72. The topological polar surface area (TPSA) is 64.0 Å². The summed E-state index contributed by atoms with van der Waals surface area (Å²) >= 11 is 11.8. The molecule has 0 radical (unpaired) electrons. The molecule has 0 spiro atoms. The fraction of sp³-hybridized carbons (Fsp3) is 0.105. The van der Waals surface area contributed by atoms with Gasteiger partial charge in [-0.3, -0.25) is 9.59 Å². The first kappa shape index (κ1) is 18.2. The first-order chi connectivity index (χ1) is 12.4. The van der Waals surface area contributed by atoms with Gasteiger partial charge >= 0.3 is 0 Å². The van der Waals surface area contributed by atoms with E-state index in [0.29, 0.717) is 21.4 Å². The van der Waals surface area contributed by atoms with Crippen molar-refractivity contribution in [2.75, 3.05) is 5.32 Å². The Morgan fingerprint density at radius 1 is 1.08 bits per heavy atom. The lowest BCUT2D eigenvalue weighted by molar-refractivity contribution is -0.117. The van der Waals surface area contributed by atoms with Crippen molar-refractivity contribution in [3.05, 3.63) is 80.6 Å². The summed E-state index contributed by atoms with van der Waals surface area (Å²) in [5.41, 5.74) is 2.71. The molecule has 1 heterocycles. The van der Waals surface area contributed by atoms with Crippen LogP contribution in [0.4, 0.5) is 5.69 Å². The van der Waals surface area contributed by atoms with E-state index in [1.165, 1.54) is 6.07 Å². The van der Waals surface area contributed by atoms with Crippen LogP contribution in [0.5, 0.6) is 0 Å². The van der Waals surface area contributed by atoms with Gasteiger partial charge in [0.05, 0.1) is 15.7 Å². The number of aryl methyl sites for hydroxylation is 1. The van der Waals surface area contributed by atoms with E-state index < -0.39 is 0 Å². The number of nitrogens with one attached hydrogen (secondary N) is 1. The molecule has 3 rings (SSSR count). The van der Waals surface area contributed by atoms with Gasteiger partial charge in [-0.1, -0.05) is 47.5 Å². The smallest absolute Gasteiger partial charge is 0.267 e. The van der Waals surface area contributed by atoms with E-state index in [1.54, 1.807) is 24.3 Å². The lowest BCUT2D eigenvalue weighted by Crippen LogP contribution is -2.29. The summed E-state index contributed by atoms with van der Waals surface area (Å²) in [6.07, 6.45) is 0. The molecule has 132 valence electrons. The molecule has 1 N–H and O–H groups in total. The second-order valence-electron chi connectivity index (χ2n) is 5.71. The Kier molecular flexibility index (Phi) is 5.40. The molecule has 26 heavy (non-hydrogen) atoms. The van der Waals surface area contributed by atoms with Gasteiger partial charge in [-0.05, 0) is 36.8 Å². The van der Waals surface area contributed by atoms with Gasteiger partial charge in [0.2, 0.25) is 5.91 Å². The number of hydrogen-bond acceptors (Lipinski definition) is 3. The van der Waals surface area contributed by atoms with E-state index >= 15 is 0 Å². The van der Waals surface area contributed by atoms with E-state index in [4.69, 9.17) is 23.2 Å². The third kappa shape index (κ3) is 4.12. The van der Waals surface area contributed by atoms with Crippen LogP contribution >= 0.6 is 23.2 Å². The zero-order valence-corrected chi connectivity index (χ0v) is 15.4. The van der Waals surface area contributed by atoms with Crippen molar-refractivity contribution in [1.82, 2.24) is 9.78 Å². The predicted octanol–water partition coefficient (Wildman–Crippen LogP) is 4.16. The van der Waals surface area contributed by atoms with Gasteiger partial charge in [0, 0.05) is 17.3 Å². The summed E-state index contributed by atoms with van der Waals surface area (Å²) < 4.78 is 1.13. The number of nitrogens with zero attached hydrogens (tertiary/aromatic N) is 2. The van der Waals surface area contributed by atoms with Crippen LogP contribution < -0.4 is 10.9 Å². The molecular formula is C19H15Cl2N3O2. The summed E-state index contributed by atoms with van der Waals surface area (Å²) in [7, 11) is 0. The van der Waals surface area contributed by atoms with Crippen molar-refractivity contribution in [1.29, 1.82) is 0 Å². The van der Waals surface area contributed by atoms with Gasteiger partial charge in [-0.2, -0.15) is 5.10 Å². The highest BCUT2D eigenvalue weighted by Crippen LogP contribution is 2.25. The highest BCUT2D eigenvalue weighted by atomic mass is 35.5. The maximum absolute atomic E-state index is 12.3. The zero-order valence-electron chi connectivity index (χ0n) is 13.9. The van der Waals surface area contributed by atoms with E-state index in [0.717, 1.165) is 15.8 Å². The van der Waals surface area contributed by atoms with Gasteiger partial charge in [0.15, 0.2) is 0 Å². The summed E-state index contributed by atoms with van der Waals surface area (Å²) in [5.74, 6) is -0.389. The normalized spacial score (nSPS) is 10.6. The number of benzene rings is 2. The molecule has 5 nitrogen and oxygen atoms in total. The Labute approximate surface area is 160 Å². The highest BCUT2D eigenvalue weighted by Gasteiger charge is 2.10. The molecule has 0 saturated heterocycles. The van der Waals surface area contributed by atoms with Crippen molar-refractivity contribution in [3.63, 3.8) is 0 Å². The Balaban J connectivity index is 1.82. The van der Waals surface area contributed by atoms with E-state index in [2.05, 4.69) is 10.4 Å². The molecule has 1 aromatic heterocycles. The number of hydrogen-bond donors (Lipinski definition) is 1. The molecule has 0 fully saturated rings. The Morgan fingerprint density at radius 3 is 2.58 bits per heavy atom. The number of rotatable bonds is 4. The van der Waals surface area contributed by atoms with Gasteiger partial charge in [0.25, 0.3) is 5.56 Å². The maximum atomic E-state index is 12.3. The predicted molar refractivity (Wildman–Crippen MR) is 104 cm³/mol. The molecule has 0 aliphatic rings. The quantitative estimate of drug-likeness (QED) is 0.730. The standard InChI is InChI=1S/C19H15Cl2N3O2/c1-12-4-2-3-5-14(12)17-8-9-19(26)24(23-17)11-18(25)22-13-6-7-15(20)16(21)10-13/h2-10H,11H2,1H3,(H,22,25). The number of amides is 1. The van der Waals surface area contributed by atoms with Gasteiger partial charge < -0.3 is 5.32 Å². The average molecular weight is 388 g/mol. The van der Waals surface area contributed by atoms with E-state index in [9.17, 15) is 9.59 Å². The van der Waals surface area contributed by atoms with Gasteiger partial charge in [-0.15, -0.1) is 0 Å². The van der Waals surface area contributed by atoms with Crippen LogP contribution in [0.25, 0.3) is 11.3 Å². The molecule has 0 bridgehead atoms. The lowest BCUT2D eigenvalue weighted by Gasteiger charge is -2.10. The molecule has 0 saturated carbocycles. The number of halogens is 2. The zero-order chi connectivity index (χ0) is 18.7. The third-order valence-electron chi connectivity index (χ3n) is 3.78. The number of anilines is 1. The summed E-state index contributed by atoms with van der Waals surface area (Å²) in [5, 5.41) is 7.72. The van der Waals surface area contributed by atoms with Crippen molar-refractivity contribution >= 4 is 34.8 Å². The van der Waals surface area contributed by atoms with E-state index in [1.807, 2.05) is 31.2 Å². The highest BCUT2D eigenvalue weighted by molar-refractivity contribution is 6.42. The Hall–Kier alpha value is -2.63. The minimum absolute atomic E-state index is 0.210. The summed E-state index contributed by atoms with van der Waals surface area (Å²) in [6.45, 7) is 1.75. The Morgan fingerprint density at radius 2 is 1.85 bits per heavy atom. The molecule has 0 atom stereocenters. The molecule has 2 aromatic carbocycles. The third-order valence-corrected chi connectivity index (χ3v) is 4.52. The lowest BCUT2D eigenvalue weighted by atomic mass is 10.1. The first-order valence-corrected chi connectivity index (χ1v) is 8.59. The fourth-order valence-electron chi connectivity index (χ4n) is 2.48.